The van der Waals surface area contributed by atoms with Gasteiger partial charge in [-0.3, -0.25) is 4.98 Å². The van der Waals surface area contributed by atoms with E-state index in [9.17, 15) is 35.8 Å². The maximum Gasteiger partial charge on any atom is 0.416 e. The minimum Gasteiger partial charge on any atom is -0.507 e. The van der Waals surface area contributed by atoms with Gasteiger partial charge in [0.15, 0.2) is 6.17 Å². The normalized spacial score (nSPS) is 13.1. The maximum atomic E-state index is 16.5. The Balaban J connectivity index is 1.80. The van der Waals surface area contributed by atoms with Crippen molar-refractivity contribution in [2.45, 2.75) is 38.3 Å². The summed E-state index contributed by atoms with van der Waals surface area (Å²) in [6.45, 7) is 3.45. The summed E-state index contributed by atoms with van der Waals surface area (Å²) in [5, 5.41) is 11.3. The largest absolute Gasteiger partial charge is 0.507 e. The van der Waals surface area contributed by atoms with Gasteiger partial charge < -0.3 is 5.11 Å². The summed E-state index contributed by atoms with van der Waals surface area (Å²) in [5.41, 5.74) is -0.830. The Bertz CT molecular complexity index is 1790. The van der Waals surface area contributed by atoms with Crippen molar-refractivity contribution in [3.8, 4) is 28.0 Å². The second-order valence-electron chi connectivity index (χ2n) is 10.4. The van der Waals surface area contributed by atoms with Gasteiger partial charge in [0.2, 0.25) is 0 Å². The summed E-state index contributed by atoms with van der Waals surface area (Å²) in [7, 11) is 0. The van der Waals surface area contributed by atoms with Crippen molar-refractivity contribution in [3.63, 3.8) is 0 Å². The lowest BCUT2D eigenvalue weighted by Gasteiger charge is -2.23. The molecule has 0 aliphatic carbocycles. The standard InChI is InChI=1S/C33H23F8NO/c1-17(2)31-29(30(35)19-6-10-22(11-7-19)32(36,37)38)27(18-8-12-24(34)13-9-18)28-25(42-31)15-21(16-26(28)43)20-4-3-5-23(14-20)33(39,40)41/h3-17,30,43H,1-2H3. The number of hydrogen-bond acceptors (Lipinski definition) is 2. The van der Waals surface area contributed by atoms with Crippen LogP contribution in [0.5, 0.6) is 5.75 Å². The van der Waals surface area contributed by atoms with Crippen LogP contribution < -0.4 is 0 Å². The van der Waals surface area contributed by atoms with Gasteiger partial charge in [0, 0.05) is 11.1 Å². The van der Waals surface area contributed by atoms with Crippen LogP contribution in [0, 0.1) is 5.82 Å². The molecular formula is C33H23F8NO. The second kappa shape index (κ2) is 11.0. The maximum absolute atomic E-state index is 16.5. The number of hydrogen-bond donors (Lipinski definition) is 1. The molecule has 1 aromatic heterocycles. The fourth-order valence-electron chi connectivity index (χ4n) is 5.07. The van der Waals surface area contributed by atoms with E-state index in [0.717, 1.165) is 48.5 Å². The number of alkyl halides is 7. The summed E-state index contributed by atoms with van der Waals surface area (Å²) in [4.78, 5) is 4.62. The van der Waals surface area contributed by atoms with Crippen molar-refractivity contribution in [1.29, 1.82) is 0 Å². The molecule has 0 aliphatic heterocycles. The molecule has 1 atom stereocenters. The van der Waals surface area contributed by atoms with E-state index in [1.54, 1.807) is 13.8 Å². The van der Waals surface area contributed by atoms with Crippen LogP contribution in [0.1, 0.15) is 53.9 Å². The highest BCUT2D eigenvalue weighted by molar-refractivity contribution is 6.03. The summed E-state index contributed by atoms with van der Waals surface area (Å²) < 4.78 is 110. The number of halogens is 8. The van der Waals surface area contributed by atoms with Crippen molar-refractivity contribution in [2.75, 3.05) is 0 Å². The molecule has 0 radical (unpaired) electrons. The molecule has 0 aliphatic rings. The molecule has 2 nitrogen and oxygen atoms in total. The first-order valence-corrected chi connectivity index (χ1v) is 13.1. The molecule has 5 aromatic rings. The van der Waals surface area contributed by atoms with Crippen molar-refractivity contribution in [1.82, 2.24) is 4.98 Å². The minimum absolute atomic E-state index is 0.0315. The molecule has 0 bridgehead atoms. The fraction of sp³-hybridized carbons (Fsp3) is 0.182. The van der Waals surface area contributed by atoms with E-state index in [1.165, 1.54) is 36.4 Å². The molecule has 0 amide bonds. The highest BCUT2D eigenvalue weighted by Gasteiger charge is 2.33. The quantitative estimate of drug-likeness (QED) is 0.203. The average Bonchev–Trinajstić information content (AvgIpc) is 2.95. The number of nitrogens with zero attached hydrogens (tertiary/aromatic N) is 1. The van der Waals surface area contributed by atoms with Crippen molar-refractivity contribution in [3.05, 3.63) is 119 Å². The zero-order valence-electron chi connectivity index (χ0n) is 22.7. The lowest BCUT2D eigenvalue weighted by atomic mass is 9.85. The van der Waals surface area contributed by atoms with E-state index in [0.29, 0.717) is 5.56 Å². The van der Waals surface area contributed by atoms with E-state index in [-0.39, 0.29) is 44.4 Å². The van der Waals surface area contributed by atoms with Crippen LogP contribution >= 0.6 is 0 Å². The summed E-state index contributed by atoms with van der Waals surface area (Å²) in [5.74, 6) is -1.44. The van der Waals surface area contributed by atoms with Crippen molar-refractivity contribution < 1.29 is 40.2 Å². The molecule has 0 fully saturated rings. The number of benzene rings is 4. The van der Waals surface area contributed by atoms with Crippen molar-refractivity contribution >= 4 is 10.9 Å². The Hall–Kier alpha value is -4.47. The molecule has 0 saturated heterocycles. The van der Waals surface area contributed by atoms with E-state index in [2.05, 4.69) is 4.98 Å². The topological polar surface area (TPSA) is 33.1 Å². The Kier molecular flexibility index (Phi) is 7.66. The predicted octanol–water partition coefficient (Wildman–Crippen LogP) is 10.6. The van der Waals surface area contributed by atoms with Crippen LogP contribution in [-0.4, -0.2) is 10.1 Å². The molecule has 1 unspecified atom stereocenters. The molecule has 1 heterocycles. The summed E-state index contributed by atoms with van der Waals surface area (Å²) >= 11 is 0. The van der Waals surface area contributed by atoms with Gasteiger partial charge in [0.1, 0.15) is 11.6 Å². The molecular weight excluding hydrogens is 578 g/mol. The van der Waals surface area contributed by atoms with Crippen molar-refractivity contribution in [2.24, 2.45) is 0 Å². The minimum atomic E-state index is -4.62. The first-order chi connectivity index (χ1) is 20.1. The predicted molar refractivity (Wildman–Crippen MR) is 148 cm³/mol. The highest BCUT2D eigenvalue weighted by atomic mass is 19.4. The van der Waals surface area contributed by atoms with Crippen LogP contribution in [0.25, 0.3) is 33.2 Å². The van der Waals surface area contributed by atoms with Gasteiger partial charge >= 0.3 is 12.4 Å². The molecule has 10 heteroatoms. The zero-order valence-corrected chi connectivity index (χ0v) is 22.7. The molecule has 1 N–H and O–H groups in total. The SMILES string of the molecule is CC(C)c1nc2cc(-c3cccc(C(F)(F)F)c3)cc(O)c2c(-c2ccc(F)cc2)c1C(F)c1ccc(C(F)(F)F)cc1. The molecule has 0 spiro atoms. The third kappa shape index (κ3) is 5.91. The summed E-state index contributed by atoms with van der Waals surface area (Å²) in [6, 6.07) is 15.8. The van der Waals surface area contributed by atoms with Gasteiger partial charge in [-0.25, -0.2) is 8.78 Å². The number of phenols is 1. The first-order valence-electron chi connectivity index (χ1n) is 13.1. The highest BCUT2D eigenvalue weighted by Crippen LogP contribution is 2.46. The molecule has 5 rings (SSSR count). The van der Waals surface area contributed by atoms with Crippen LogP contribution in [-0.2, 0) is 12.4 Å². The molecule has 0 saturated carbocycles. The second-order valence-corrected chi connectivity index (χ2v) is 10.4. The lowest BCUT2D eigenvalue weighted by Crippen LogP contribution is -2.09. The number of pyridine rings is 1. The molecule has 222 valence electrons. The fourth-order valence-corrected chi connectivity index (χ4v) is 5.07. The Morgan fingerprint density at radius 2 is 1.33 bits per heavy atom. The smallest absolute Gasteiger partial charge is 0.416 e. The van der Waals surface area contributed by atoms with E-state index in [1.807, 2.05) is 0 Å². The van der Waals surface area contributed by atoms with Gasteiger partial charge in [-0.15, -0.1) is 0 Å². The Morgan fingerprint density at radius 3 is 1.91 bits per heavy atom. The van der Waals surface area contributed by atoms with Crippen LogP contribution in [0.2, 0.25) is 0 Å². The summed E-state index contributed by atoms with van der Waals surface area (Å²) in [6.07, 6.45) is -11.2. The molecule has 4 aromatic carbocycles. The van der Waals surface area contributed by atoms with Crippen LogP contribution in [0.3, 0.4) is 0 Å². The van der Waals surface area contributed by atoms with Gasteiger partial charge in [0.25, 0.3) is 0 Å². The van der Waals surface area contributed by atoms with Gasteiger partial charge in [-0.05, 0) is 76.7 Å². The average molecular weight is 602 g/mol. The number of aromatic hydroxyl groups is 1. The lowest BCUT2D eigenvalue weighted by molar-refractivity contribution is -0.138. The van der Waals surface area contributed by atoms with Gasteiger partial charge in [-0.1, -0.05) is 50.2 Å². The van der Waals surface area contributed by atoms with E-state index in [4.69, 9.17) is 0 Å². The zero-order chi connectivity index (χ0) is 31.3. The number of phenolic OH excluding ortho intramolecular Hbond substituents is 1. The third-order valence-corrected chi connectivity index (χ3v) is 7.12. The Morgan fingerprint density at radius 1 is 0.698 bits per heavy atom. The van der Waals surface area contributed by atoms with Crippen LogP contribution in [0.4, 0.5) is 35.1 Å². The monoisotopic (exact) mass is 601 g/mol. The van der Waals surface area contributed by atoms with Crippen LogP contribution in [0.15, 0.2) is 84.9 Å². The van der Waals surface area contributed by atoms with E-state index >= 15 is 4.39 Å². The Labute approximate surface area is 241 Å². The number of rotatable bonds is 5. The molecule has 43 heavy (non-hydrogen) atoms. The first kappa shape index (κ1) is 30.0. The van der Waals surface area contributed by atoms with E-state index < -0.39 is 47.1 Å². The van der Waals surface area contributed by atoms with Gasteiger partial charge in [-0.2, -0.15) is 26.3 Å². The number of aromatic nitrogens is 1. The third-order valence-electron chi connectivity index (χ3n) is 7.12. The number of fused-ring (bicyclic) bond motifs is 1. The van der Waals surface area contributed by atoms with Gasteiger partial charge in [0.05, 0.1) is 27.7 Å².